The summed E-state index contributed by atoms with van der Waals surface area (Å²) in [6, 6.07) is 37.5. The molecule has 4 aromatic rings. The zero-order valence-electron chi connectivity index (χ0n) is 24.3. The van der Waals surface area contributed by atoms with E-state index in [4.69, 9.17) is 0 Å². The van der Waals surface area contributed by atoms with Crippen LogP contribution in [0.25, 0.3) is 0 Å². The summed E-state index contributed by atoms with van der Waals surface area (Å²) in [7, 11) is -1.14. The van der Waals surface area contributed by atoms with Crippen molar-refractivity contribution in [1.29, 1.82) is 0 Å². The Kier molecular flexibility index (Phi) is 9.35. The molecule has 0 aliphatic carbocycles. The third-order valence-electron chi connectivity index (χ3n) is 7.83. The molecule has 1 fully saturated rings. The van der Waals surface area contributed by atoms with Gasteiger partial charge in [-0.1, -0.05) is 108 Å². The molecule has 3 heteroatoms. The van der Waals surface area contributed by atoms with Gasteiger partial charge in [0.25, 0.3) is 0 Å². The molecule has 1 saturated heterocycles. The van der Waals surface area contributed by atoms with Crippen LogP contribution >= 0.6 is 16.1 Å². The van der Waals surface area contributed by atoms with E-state index in [-0.39, 0.29) is 0 Å². The molecule has 39 heavy (non-hydrogen) atoms. The summed E-state index contributed by atoms with van der Waals surface area (Å²) in [6.07, 6.45) is 4.98. The van der Waals surface area contributed by atoms with E-state index >= 15 is 0 Å². The normalized spacial score (nSPS) is 17.8. The first-order valence-corrected chi connectivity index (χ1v) is 17.3. The minimum Gasteiger partial charge on any atom is -0.251 e. The van der Waals surface area contributed by atoms with Crippen molar-refractivity contribution >= 4 is 26.8 Å². The monoisotopic (exact) mass is 551 g/mol. The van der Waals surface area contributed by atoms with Crippen molar-refractivity contribution in [3.63, 3.8) is 0 Å². The highest BCUT2D eigenvalue weighted by Crippen LogP contribution is 2.76. The first-order chi connectivity index (χ1) is 18.9. The van der Waals surface area contributed by atoms with Crippen LogP contribution < -0.4 is 10.6 Å². The second-order valence-corrected chi connectivity index (χ2v) is 16.2. The average molecular weight is 552 g/mol. The lowest BCUT2D eigenvalue weighted by Crippen LogP contribution is -2.28. The first kappa shape index (κ1) is 28.2. The quantitative estimate of drug-likeness (QED) is 0.187. The van der Waals surface area contributed by atoms with Crippen LogP contribution in [0.1, 0.15) is 77.3 Å². The fourth-order valence-corrected chi connectivity index (χ4v) is 14.2. The number of benzene rings is 4. The molecule has 0 spiro atoms. The van der Waals surface area contributed by atoms with Crippen LogP contribution in [0.3, 0.4) is 0 Å². The maximum absolute atomic E-state index is 3.05. The predicted molar refractivity (Wildman–Crippen MR) is 174 cm³/mol. The number of hydrogen-bond donors (Lipinski definition) is 0. The van der Waals surface area contributed by atoms with Gasteiger partial charge >= 0.3 is 0 Å². The Morgan fingerprint density at radius 3 is 1.44 bits per heavy atom. The van der Waals surface area contributed by atoms with Crippen molar-refractivity contribution in [2.75, 3.05) is 6.54 Å². The summed E-state index contributed by atoms with van der Waals surface area (Å²) in [5.41, 5.74) is 9.71. The van der Waals surface area contributed by atoms with Gasteiger partial charge in [-0.15, -0.1) is 0 Å². The third-order valence-corrected chi connectivity index (χ3v) is 14.3. The minimum atomic E-state index is -0.674. The first-order valence-electron chi connectivity index (χ1n) is 14.6. The molecule has 2 atom stereocenters. The summed E-state index contributed by atoms with van der Waals surface area (Å²) >= 11 is 0. The van der Waals surface area contributed by atoms with Gasteiger partial charge in [0.15, 0.2) is 0 Å². The van der Waals surface area contributed by atoms with Crippen LogP contribution in [0.2, 0.25) is 0 Å². The van der Waals surface area contributed by atoms with Gasteiger partial charge in [-0.25, -0.2) is 0 Å². The van der Waals surface area contributed by atoms with Gasteiger partial charge in [-0.05, 0) is 101 Å². The van der Waals surface area contributed by atoms with E-state index < -0.39 is 16.1 Å². The van der Waals surface area contributed by atoms with Gasteiger partial charge in [-0.3, -0.25) is 4.44 Å². The highest BCUT2D eigenvalue weighted by Gasteiger charge is 2.44. The van der Waals surface area contributed by atoms with E-state index in [0.717, 1.165) is 6.54 Å². The Balaban J connectivity index is 1.72. The van der Waals surface area contributed by atoms with Gasteiger partial charge < -0.3 is 0 Å². The fourth-order valence-electron chi connectivity index (χ4n) is 6.29. The molecule has 202 valence electrons. The molecule has 4 aromatic carbocycles. The van der Waals surface area contributed by atoms with Crippen LogP contribution in [0, 0.1) is 27.7 Å². The molecule has 0 saturated carbocycles. The van der Waals surface area contributed by atoms with Gasteiger partial charge in [0.2, 0.25) is 0 Å². The number of unbranched alkanes of at least 4 members (excludes halogenated alkanes) is 1. The van der Waals surface area contributed by atoms with Crippen molar-refractivity contribution in [3.05, 3.63) is 130 Å². The largest absolute Gasteiger partial charge is 0.251 e. The van der Waals surface area contributed by atoms with E-state index in [0.29, 0.717) is 11.3 Å². The molecular weight excluding hydrogens is 508 g/mol. The summed E-state index contributed by atoms with van der Waals surface area (Å²) in [6.45, 7) is 12.6. The van der Waals surface area contributed by atoms with E-state index in [1.54, 1.807) is 0 Å². The van der Waals surface area contributed by atoms with Gasteiger partial charge in [0.1, 0.15) is 0 Å². The van der Waals surface area contributed by atoms with Crippen molar-refractivity contribution in [2.24, 2.45) is 0 Å². The highest BCUT2D eigenvalue weighted by molar-refractivity contribution is 7.79. The lowest BCUT2D eigenvalue weighted by atomic mass is 10.0. The van der Waals surface area contributed by atoms with Gasteiger partial charge in [-0.2, -0.15) is 0 Å². The SMILES string of the molecule is CCCCN(P(c1cc(C)cc(C)c1)c1cc(C)cc(C)c1)P1[C@H](c2ccccc2)CC[C@H]1c1ccccc1. The second-order valence-electron chi connectivity index (χ2n) is 11.3. The average Bonchev–Trinajstić information content (AvgIpc) is 3.36. The van der Waals surface area contributed by atoms with E-state index in [9.17, 15) is 0 Å². The zero-order valence-corrected chi connectivity index (χ0v) is 26.1. The van der Waals surface area contributed by atoms with Crippen molar-refractivity contribution in [3.8, 4) is 0 Å². The summed E-state index contributed by atoms with van der Waals surface area (Å²) in [4.78, 5) is 0. The van der Waals surface area contributed by atoms with Crippen molar-refractivity contribution in [1.82, 2.24) is 4.44 Å². The third kappa shape index (κ3) is 6.55. The molecule has 5 rings (SSSR count). The number of hydrogen-bond acceptors (Lipinski definition) is 1. The Labute approximate surface area is 239 Å². The molecule has 1 heterocycles. The van der Waals surface area contributed by atoms with Crippen LogP contribution in [-0.2, 0) is 0 Å². The van der Waals surface area contributed by atoms with Crippen LogP contribution in [0.5, 0.6) is 0 Å². The summed E-state index contributed by atoms with van der Waals surface area (Å²) in [5.74, 6) is 0. The molecular formula is C36H43NP2. The van der Waals surface area contributed by atoms with E-state index in [1.807, 2.05) is 0 Å². The lowest BCUT2D eigenvalue weighted by Gasteiger charge is -2.43. The number of nitrogens with zero attached hydrogens (tertiary/aromatic N) is 1. The minimum absolute atomic E-state index is 0.463. The molecule has 0 radical (unpaired) electrons. The summed E-state index contributed by atoms with van der Waals surface area (Å²) < 4.78 is 3.05. The molecule has 1 aliphatic heterocycles. The van der Waals surface area contributed by atoms with Gasteiger partial charge in [0, 0.05) is 25.9 Å². The van der Waals surface area contributed by atoms with Gasteiger partial charge in [0.05, 0.1) is 0 Å². The zero-order chi connectivity index (χ0) is 27.4. The molecule has 0 amide bonds. The maximum Gasteiger partial charge on any atom is 0.0318 e. The predicted octanol–water partition coefficient (Wildman–Crippen LogP) is 10.0. The Bertz CT molecular complexity index is 1230. The van der Waals surface area contributed by atoms with Crippen molar-refractivity contribution in [2.45, 2.75) is 71.6 Å². The highest BCUT2D eigenvalue weighted by atomic mass is 31.2. The van der Waals surface area contributed by atoms with E-state index in [1.165, 1.54) is 69.7 Å². The number of rotatable bonds is 9. The molecule has 0 bridgehead atoms. The topological polar surface area (TPSA) is 3.24 Å². The standard InChI is InChI=1S/C36H43NP2/c1-6-7-20-37(38(33-23-27(2)21-28(3)24-33)34-25-29(4)22-30(5)26-34)39-35(31-14-10-8-11-15-31)18-19-36(39)32-16-12-9-13-17-32/h8-17,21-26,35-36H,6-7,18-20H2,1-5H3/t35-,36-/m0/s1. The molecule has 0 unspecified atom stereocenters. The smallest absolute Gasteiger partial charge is 0.0318 e. The van der Waals surface area contributed by atoms with Crippen LogP contribution in [0.15, 0.2) is 97.1 Å². The number of aryl methyl sites for hydroxylation is 4. The van der Waals surface area contributed by atoms with Crippen LogP contribution in [-0.4, -0.2) is 11.0 Å². The lowest BCUT2D eigenvalue weighted by molar-refractivity contribution is 0.632. The molecule has 1 aliphatic rings. The Hall–Kier alpha value is -2.30. The molecule has 0 aromatic heterocycles. The summed E-state index contributed by atoms with van der Waals surface area (Å²) in [5, 5.41) is 3.02. The van der Waals surface area contributed by atoms with Crippen molar-refractivity contribution < 1.29 is 0 Å². The molecule has 1 nitrogen and oxygen atoms in total. The Morgan fingerprint density at radius 1 is 0.641 bits per heavy atom. The maximum atomic E-state index is 3.05. The van der Waals surface area contributed by atoms with E-state index in [2.05, 4.69) is 136 Å². The second kappa shape index (κ2) is 12.9. The fraction of sp³-hybridized carbons (Fsp3) is 0.333. The molecule has 0 N–H and O–H groups in total. The van der Waals surface area contributed by atoms with Crippen LogP contribution in [0.4, 0.5) is 0 Å². The Morgan fingerprint density at radius 2 is 1.05 bits per heavy atom.